The molecule has 0 aliphatic carbocycles. The number of fused-ring (bicyclic) bond motifs is 1. The van der Waals surface area contributed by atoms with Crippen LogP contribution >= 0.6 is 11.8 Å². The number of rotatable bonds is 7. The third-order valence-corrected chi connectivity index (χ3v) is 4.80. The zero-order valence-electron chi connectivity index (χ0n) is 13.4. The smallest absolute Gasteiger partial charge is 0.258 e. The molecule has 6 nitrogen and oxygen atoms in total. The van der Waals surface area contributed by atoms with Gasteiger partial charge in [-0.15, -0.1) is 0 Å². The van der Waals surface area contributed by atoms with E-state index in [1.54, 1.807) is 36.3 Å². The average molecular weight is 341 g/mol. The number of thioether (sulfide) groups is 1. The van der Waals surface area contributed by atoms with Gasteiger partial charge in [0.2, 0.25) is 5.95 Å². The molecule has 1 aromatic carbocycles. The number of nitrogens with one attached hydrogen (secondary N) is 2. The lowest BCUT2D eigenvalue weighted by atomic mass is 10.2. The minimum atomic E-state index is -0.0778. The minimum Gasteiger partial charge on any atom is -0.354 e. The lowest BCUT2D eigenvalue weighted by Gasteiger charge is -2.11. The number of anilines is 1. The lowest BCUT2D eigenvalue weighted by Crippen LogP contribution is -2.13. The number of aromatic amines is 1. The van der Waals surface area contributed by atoms with Gasteiger partial charge >= 0.3 is 0 Å². The molecule has 2 heterocycles. The fraction of sp³-hybridized carbons (Fsp3) is 0.294. The summed E-state index contributed by atoms with van der Waals surface area (Å²) in [5, 5.41) is 3.95. The molecule has 0 aliphatic rings. The van der Waals surface area contributed by atoms with E-state index in [1.807, 2.05) is 18.2 Å². The van der Waals surface area contributed by atoms with Crippen LogP contribution in [0.3, 0.4) is 0 Å². The number of nitrogens with zero attached hydrogens (tertiary/aromatic N) is 3. The Morgan fingerprint density at radius 3 is 2.83 bits per heavy atom. The van der Waals surface area contributed by atoms with Crippen molar-refractivity contribution in [1.82, 2.24) is 19.9 Å². The molecule has 0 radical (unpaired) electrons. The summed E-state index contributed by atoms with van der Waals surface area (Å²) >= 11 is 1.77. The highest BCUT2D eigenvalue weighted by molar-refractivity contribution is 7.99. The first-order valence-corrected chi connectivity index (χ1v) is 8.90. The van der Waals surface area contributed by atoms with E-state index >= 15 is 0 Å². The lowest BCUT2D eigenvalue weighted by molar-refractivity contribution is 0.911. The molecular formula is C17H19N5OS. The number of aromatic nitrogens is 4. The van der Waals surface area contributed by atoms with E-state index in [-0.39, 0.29) is 10.8 Å². The highest BCUT2D eigenvalue weighted by atomic mass is 32.2. The first-order valence-electron chi connectivity index (χ1n) is 7.85. The van der Waals surface area contributed by atoms with Crippen LogP contribution in [-0.4, -0.2) is 32.2 Å². The molecule has 3 rings (SSSR count). The molecule has 2 aromatic heterocycles. The van der Waals surface area contributed by atoms with Crippen molar-refractivity contribution in [3.63, 3.8) is 0 Å². The van der Waals surface area contributed by atoms with Gasteiger partial charge in [-0.3, -0.25) is 4.79 Å². The molecular weight excluding hydrogens is 322 g/mol. The second-order valence-electron chi connectivity index (χ2n) is 5.33. The molecule has 1 atom stereocenters. The fourth-order valence-corrected chi connectivity index (χ4v) is 3.23. The Morgan fingerprint density at radius 1 is 1.21 bits per heavy atom. The van der Waals surface area contributed by atoms with Crippen LogP contribution in [-0.2, 0) is 0 Å². The zero-order chi connectivity index (χ0) is 16.8. The van der Waals surface area contributed by atoms with Gasteiger partial charge in [0.25, 0.3) is 5.56 Å². The van der Waals surface area contributed by atoms with Gasteiger partial charge in [0.05, 0.1) is 16.2 Å². The van der Waals surface area contributed by atoms with Crippen LogP contribution < -0.4 is 10.9 Å². The van der Waals surface area contributed by atoms with Crippen LogP contribution in [0.1, 0.15) is 24.4 Å². The molecule has 2 N–H and O–H groups in total. The number of benzene rings is 1. The Bertz CT molecular complexity index is 852. The van der Waals surface area contributed by atoms with Crippen molar-refractivity contribution in [2.24, 2.45) is 0 Å². The van der Waals surface area contributed by atoms with Crippen molar-refractivity contribution < 1.29 is 0 Å². The molecule has 7 heteroatoms. The van der Waals surface area contributed by atoms with Gasteiger partial charge in [-0.2, -0.15) is 11.8 Å². The molecule has 124 valence electrons. The molecule has 0 aliphatic heterocycles. The van der Waals surface area contributed by atoms with Crippen LogP contribution in [0.25, 0.3) is 10.9 Å². The summed E-state index contributed by atoms with van der Waals surface area (Å²) in [5.41, 5.74) is 0.664. The Labute approximate surface area is 144 Å². The van der Waals surface area contributed by atoms with Gasteiger partial charge < -0.3 is 10.3 Å². The second kappa shape index (κ2) is 7.92. The maximum absolute atomic E-state index is 12.1. The minimum absolute atomic E-state index is 0.0778. The number of hydrogen-bond acceptors (Lipinski definition) is 6. The fourth-order valence-electron chi connectivity index (χ4n) is 2.30. The summed E-state index contributed by atoms with van der Waals surface area (Å²) < 4.78 is 0. The maximum atomic E-state index is 12.1. The van der Waals surface area contributed by atoms with Crippen molar-refractivity contribution >= 4 is 28.6 Å². The van der Waals surface area contributed by atoms with Crippen molar-refractivity contribution in [2.75, 3.05) is 17.6 Å². The highest BCUT2D eigenvalue weighted by Gasteiger charge is 2.11. The number of para-hydroxylation sites is 1. The highest BCUT2D eigenvalue weighted by Crippen LogP contribution is 2.26. The van der Waals surface area contributed by atoms with Gasteiger partial charge in [0.15, 0.2) is 0 Å². The van der Waals surface area contributed by atoms with Gasteiger partial charge in [0, 0.05) is 18.9 Å². The van der Waals surface area contributed by atoms with E-state index in [4.69, 9.17) is 0 Å². The molecule has 24 heavy (non-hydrogen) atoms. The summed E-state index contributed by atoms with van der Waals surface area (Å²) in [6.45, 7) is 2.87. The first kappa shape index (κ1) is 16.4. The Hall–Kier alpha value is -2.41. The Balaban J connectivity index is 1.52. The van der Waals surface area contributed by atoms with Crippen LogP contribution in [0.2, 0.25) is 0 Å². The molecule has 0 saturated heterocycles. The van der Waals surface area contributed by atoms with E-state index in [1.165, 1.54) is 0 Å². The molecule has 0 spiro atoms. The van der Waals surface area contributed by atoms with E-state index in [9.17, 15) is 4.79 Å². The summed E-state index contributed by atoms with van der Waals surface area (Å²) in [6, 6.07) is 9.20. The topological polar surface area (TPSA) is 83.6 Å². The maximum Gasteiger partial charge on any atom is 0.258 e. The standard InChI is InChI=1S/C17H19N5OS/c1-12(24-11-5-10-20-17-18-8-4-9-19-17)15-21-14-7-3-2-6-13(14)16(23)22-15/h2-4,6-9,12H,5,10-11H2,1H3,(H,18,19,20)(H,21,22,23). The molecule has 0 bridgehead atoms. The van der Waals surface area contributed by atoms with Crippen molar-refractivity contribution in [2.45, 2.75) is 18.6 Å². The molecule has 0 amide bonds. The average Bonchev–Trinajstić information content (AvgIpc) is 2.62. The van der Waals surface area contributed by atoms with Crippen molar-refractivity contribution in [3.8, 4) is 0 Å². The van der Waals surface area contributed by atoms with Gasteiger partial charge in [-0.05, 0) is 37.3 Å². The van der Waals surface area contributed by atoms with Crippen LogP contribution in [0.4, 0.5) is 5.95 Å². The van der Waals surface area contributed by atoms with E-state index in [2.05, 4.69) is 32.2 Å². The molecule has 0 fully saturated rings. The van der Waals surface area contributed by atoms with Crippen molar-refractivity contribution in [3.05, 3.63) is 58.9 Å². The first-order chi connectivity index (χ1) is 11.7. The zero-order valence-corrected chi connectivity index (χ0v) is 14.2. The van der Waals surface area contributed by atoms with Gasteiger partial charge in [0.1, 0.15) is 5.82 Å². The van der Waals surface area contributed by atoms with Gasteiger partial charge in [-0.25, -0.2) is 15.0 Å². The van der Waals surface area contributed by atoms with Gasteiger partial charge in [-0.1, -0.05) is 12.1 Å². The largest absolute Gasteiger partial charge is 0.354 e. The third-order valence-electron chi connectivity index (χ3n) is 3.55. The van der Waals surface area contributed by atoms with Crippen LogP contribution in [0, 0.1) is 0 Å². The quantitative estimate of drug-likeness (QED) is 0.643. The Kier molecular flexibility index (Phi) is 5.43. The summed E-state index contributed by atoms with van der Waals surface area (Å²) in [4.78, 5) is 27.8. The normalized spacial score (nSPS) is 12.2. The summed E-state index contributed by atoms with van der Waals surface area (Å²) in [5.74, 6) is 2.33. The summed E-state index contributed by atoms with van der Waals surface area (Å²) in [7, 11) is 0. The summed E-state index contributed by atoms with van der Waals surface area (Å²) in [6.07, 6.45) is 4.41. The van der Waals surface area contributed by atoms with E-state index in [0.717, 1.165) is 30.1 Å². The molecule has 3 aromatic rings. The second-order valence-corrected chi connectivity index (χ2v) is 6.78. The SMILES string of the molecule is CC(SCCCNc1ncccn1)c1nc2ccccc2c(=O)[nH]1. The predicted molar refractivity (Wildman–Crippen MR) is 98.4 cm³/mol. The molecule has 0 saturated carbocycles. The number of H-pyrrole nitrogens is 1. The third kappa shape index (κ3) is 4.11. The number of hydrogen-bond donors (Lipinski definition) is 2. The van der Waals surface area contributed by atoms with E-state index in [0.29, 0.717) is 11.3 Å². The molecule has 1 unspecified atom stereocenters. The van der Waals surface area contributed by atoms with Crippen LogP contribution in [0.15, 0.2) is 47.5 Å². The predicted octanol–water partition coefficient (Wildman–Crippen LogP) is 3.01. The van der Waals surface area contributed by atoms with E-state index < -0.39 is 0 Å². The van der Waals surface area contributed by atoms with Crippen molar-refractivity contribution in [1.29, 1.82) is 0 Å². The van der Waals surface area contributed by atoms with Crippen LogP contribution in [0.5, 0.6) is 0 Å². The monoisotopic (exact) mass is 341 g/mol. The Morgan fingerprint density at radius 2 is 2.00 bits per heavy atom.